The van der Waals surface area contributed by atoms with Crippen molar-refractivity contribution in [3.05, 3.63) is 17.8 Å². The molecule has 0 unspecified atom stereocenters. The number of aromatic nitrogens is 1. The molecule has 5 heteroatoms. The van der Waals surface area contributed by atoms with Gasteiger partial charge in [0.25, 0.3) is 0 Å². The highest BCUT2D eigenvalue weighted by molar-refractivity contribution is 6.00. The van der Waals surface area contributed by atoms with Crippen molar-refractivity contribution in [2.75, 3.05) is 33.7 Å². The molecular weight excluding hydrogens is 256 g/mol. The first-order valence-corrected chi connectivity index (χ1v) is 6.50. The van der Waals surface area contributed by atoms with Crippen molar-refractivity contribution in [1.29, 1.82) is 0 Å². The van der Waals surface area contributed by atoms with Crippen molar-refractivity contribution < 1.29 is 14.2 Å². The number of fused-ring (bicyclic) bond motifs is 1. The van der Waals surface area contributed by atoms with Crippen LogP contribution in [0.4, 0.5) is 5.69 Å². The zero-order valence-electron chi connectivity index (χ0n) is 12.5. The molecule has 1 N–H and O–H groups in total. The summed E-state index contributed by atoms with van der Waals surface area (Å²) in [4.78, 5) is 4.64. The molecule has 0 aliphatic rings. The van der Waals surface area contributed by atoms with Gasteiger partial charge in [-0.15, -0.1) is 0 Å². The molecule has 0 bridgehead atoms. The molecule has 1 aromatic heterocycles. The number of hydrogen-bond acceptors (Lipinski definition) is 5. The Morgan fingerprint density at radius 1 is 1.05 bits per heavy atom. The van der Waals surface area contributed by atoms with Crippen molar-refractivity contribution in [1.82, 2.24) is 4.98 Å². The van der Waals surface area contributed by atoms with E-state index in [0.29, 0.717) is 17.2 Å². The van der Waals surface area contributed by atoms with Crippen molar-refractivity contribution in [2.45, 2.75) is 13.3 Å². The van der Waals surface area contributed by atoms with Gasteiger partial charge in [0.2, 0.25) is 5.75 Å². The minimum atomic E-state index is 0.574. The Kier molecular flexibility index (Phi) is 4.17. The maximum Gasteiger partial charge on any atom is 0.204 e. The van der Waals surface area contributed by atoms with Gasteiger partial charge in [0.1, 0.15) is 0 Å². The van der Waals surface area contributed by atoms with Crippen LogP contribution in [0.15, 0.2) is 12.1 Å². The fraction of sp³-hybridized carbons (Fsp3) is 0.400. The SMILES string of the molecule is CCc1cc(NC)c2c(OC)c(OC)c(OC)cc2n1. The van der Waals surface area contributed by atoms with E-state index in [1.54, 1.807) is 21.3 Å². The highest BCUT2D eigenvalue weighted by atomic mass is 16.5. The number of hydrogen-bond donors (Lipinski definition) is 1. The van der Waals surface area contributed by atoms with Crippen LogP contribution in [0, 0.1) is 0 Å². The van der Waals surface area contributed by atoms with Crippen LogP contribution in [0.1, 0.15) is 12.6 Å². The number of rotatable bonds is 5. The largest absolute Gasteiger partial charge is 0.493 e. The molecule has 108 valence electrons. The number of benzene rings is 1. The minimum Gasteiger partial charge on any atom is -0.493 e. The van der Waals surface area contributed by atoms with Crippen LogP contribution in [-0.2, 0) is 6.42 Å². The Labute approximate surface area is 118 Å². The average molecular weight is 276 g/mol. The van der Waals surface area contributed by atoms with Gasteiger partial charge < -0.3 is 19.5 Å². The lowest BCUT2D eigenvalue weighted by molar-refractivity contribution is 0.327. The van der Waals surface area contributed by atoms with Crippen LogP contribution in [-0.4, -0.2) is 33.4 Å². The maximum absolute atomic E-state index is 5.52. The molecule has 20 heavy (non-hydrogen) atoms. The normalized spacial score (nSPS) is 10.4. The second-order valence-electron chi connectivity index (χ2n) is 4.30. The van der Waals surface area contributed by atoms with Crippen LogP contribution >= 0.6 is 0 Å². The topological polar surface area (TPSA) is 52.6 Å². The van der Waals surface area contributed by atoms with E-state index in [-0.39, 0.29) is 0 Å². The summed E-state index contributed by atoms with van der Waals surface area (Å²) in [6, 6.07) is 3.90. The number of methoxy groups -OCH3 is 3. The van der Waals surface area contributed by atoms with Crippen molar-refractivity contribution in [3.8, 4) is 17.2 Å². The molecular formula is C15H20N2O3. The van der Waals surface area contributed by atoms with Gasteiger partial charge in [-0.1, -0.05) is 6.92 Å². The minimum absolute atomic E-state index is 0.574. The first kappa shape index (κ1) is 14.2. The van der Waals surface area contributed by atoms with Crippen molar-refractivity contribution in [3.63, 3.8) is 0 Å². The summed E-state index contributed by atoms with van der Waals surface area (Å²) in [5, 5.41) is 4.09. The monoisotopic (exact) mass is 276 g/mol. The van der Waals surface area contributed by atoms with Gasteiger partial charge in [-0.05, 0) is 12.5 Å². The van der Waals surface area contributed by atoms with Crippen LogP contribution in [0.25, 0.3) is 10.9 Å². The van der Waals surface area contributed by atoms with Crippen LogP contribution in [0.2, 0.25) is 0 Å². The van der Waals surface area contributed by atoms with E-state index in [0.717, 1.165) is 28.7 Å². The van der Waals surface area contributed by atoms with Gasteiger partial charge in [-0.25, -0.2) is 0 Å². The molecule has 2 rings (SSSR count). The van der Waals surface area contributed by atoms with Crippen LogP contribution in [0.3, 0.4) is 0 Å². The Morgan fingerprint density at radius 2 is 1.75 bits per heavy atom. The second-order valence-corrected chi connectivity index (χ2v) is 4.30. The Bertz CT molecular complexity index is 626. The number of pyridine rings is 1. The van der Waals surface area contributed by atoms with Crippen LogP contribution < -0.4 is 19.5 Å². The molecule has 0 aliphatic heterocycles. The van der Waals surface area contributed by atoms with E-state index in [1.807, 2.05) is 19.2 Å². The molecule has 0 spiro atoms. The van der Waals surface area contributed by atoms with E-state index in [4.69, 9.17) is 14.2 Å². The fourth-order valence-corrected chi connectivity index (χ4v) is 2.30. The van der Waals surface area contributed by atoms with Gasteiger partial charge in [-0.3, -0.25) is 4.98 Å². The lowest BCUT2D eigenvalue weighted by Crippen LogP contribution is -2.01. The highest BCUT2D eigenvalue weighted by Crippen LogP contribution is 2.45. The summed E-state index contributed by atoms with van der Waals surface area (Å²) in [5.74, 6) is 1.81. The number of nitrogens with zero attached hydrogens (tertiary/aromatic N) is 1. The lowest BCUT2D eigenvalue weighted by atomic mass is 10.1. The van der Waals surface area contributed by atoms with E-state index in [2.05, 4.69) is 17.2 Å². The average Bonchev–Trinajstić information content (AvgIpc) is 2.51. The third kappa shape index (κ3) is 2.19. The Hall–Kier alpha value is -2.17. The van der Waals surface area contributed by atoms with Crippen LogP contribution in [0.5, 0.6) is 17.2 Å². The van der Waals surface area contributed by atoms with Gasteiger partial charge in [-0.2, -0.15) is 0 Å². The second kappa shape index (κ2) is 5.86. The highest BCUT2D eigenvalue weighted by Gasteiger charge is 2.19. The zero-order valence-corrected chi connectivity index (χ0v) is 12.5. The number of anilines is 1. The molecule has 0 saturated carbocycles. The molecule has 0 amide bonds. The molecule has 1 aromatic carbocycles. The molecule has 0 saturated heterocycles. The summed E-state index contributed by atoms with van der Waals surface area (Å²) in [6.45, 7) is 2.07. The molecule has 5 nitrogen and oxygen atoms in total. The number of nitrogens with one attached hydrogen (secondary N) is 1. The maximum atomic E-state index is 5.52. The first-order chi connectivity index (χ1) is 9.69. The van der Waals surface area contributed by atoms with Gasteiger partial charge in [0, 0.05) is 24.5 Å². The smallest absolute Gasteiger partial charge is 0.204 e. The summed E-state index contributed by atoms with van der Waals surface area (Å²) < 4.78 is 16.3. The standard InChI is InChI=1S/C15H20N2O3/c1-6-9-7-10(16-2)13-11(17-9)8-12(18-3)14(19-4)15(13)20-5/h7-8H,6H2,1-5H3,(H,16,17). The molecule has 0 radical (unpaired) electrons. The van der Waals surface area contributed by atoms with E-state index >= 15 is 0 Å². The molecule has 0 fully saturated rings. The zero-order chi connectivity index (χ0) is 14.7. The Balaban J connectivity index is 2.90. The van der Waals surface area contributed by atoms with E-state index in [9.17, 15) is 0 Å². The summed E-state index contributed by atoms with van der Waals surface area (Å²) in [7, 11) is 6.69. The fourth-order valence-electron chi connectivity index (χ4n) is 2.30. The Morgan fingerprint density at radius 3 is 2.25 bits per heavy atom. The lowest BCUT2D eigenvalue weighted by Gasteiger charge is -2.17. The number of aryl methyl sites for hydroxylation is 1. The molecule has 2 aromatic rings. The predicted molar refractivity (Wildman–Crippen MR) is 80.3 cm³/mol. The predicted octanol–water partition coefficient (Wildman–Crippen LogP) is 2.86. The molecule has 1 heterocycles. The summed E-state index contributed by atoms with van der Waals surface area (Å²) >= 11 is 0. The summed E-state index contributed by atoms with van der Waals surface area (Å²) in [5.41, 5.74) is 2.80. The van der Waals surface area contributed by atoms with Crippen molar-refractivity contribution in [2.24, 2.45) is 0 Å². The van der Waals surface area contributed by atoms with Gasteiger partial charge in [0.15, 0.2) is 11.5 Å². The van der Waals surface area contributed by atoms with E-state index < -0.39 is 0 Å². The van der Waals surface area contributed by atoms with Gasteiger partial charge in [0.05, 0.1) is 32.2 Å². The number of ether oxygens (including phenoxy) is 3. The molecule has 0 atom stereocenters. The third-order valence-corrected chi connectivity index (χ3v) is 3.29. The van der Waals surface area contributed by atoms with Crippen molar-refractivity contribution >= 4 is 16.6 Å². The van der Waals surface area contributed by atoms with E-state index in [1.165, 1.54) is 0 Å². The summed E-state index contributed by atoms with van der Waals surface area (Å²) in [6.07, 6.45) is 0.862. The molecule has 0 aliphatic carbocycles. The quantitative estimate of drug-likeness (QED) is 0.910. The third-order valence-electron chi connectivity index (χ3n) is 3.29. The van der Waals surface area contributed by atoms with Gasteiger partial charge >= 0.3 is 0 Å². The first-order valence-electron chi connectivity index (χ1n) is 6.50.